The van der Waals surface area contributed by atoms with Gasteiger partial charge >= 0.3 is 0 Å². The lowest BCUT2D eigenvalue weighted by molar-refractivity contribution is -0.117. The van der Waals surface area contributed by atoms with Crippen molar-refractivity contribution in [1.82, 2.24) is 0 Å². The maximum atomic E-state index is 11.9. The van der Waals surface area contributed by atoms with Crippen LogP contribution in [-0.2, 0) is 9.59 Å². The summed E-state index contributed by atoms with van der Waals surface area (Å²) < 4.78 is 0. The maximum absolute atomic E-state index is 11.9. The highest BCUT2D eigenvalue weighted by Crippen LogP contribution is 2.25. The molecule has 0 fully saturated rings. The molecular formula is C13H18ClN3O2S. The topological polar surface area (TPSA) is 84.2 Å². The number of amides is 2. The van der Waals surface area contributed by atoms with E-state index in [1.165, 1.54) is 6.92 Å². The Morgan fingerprint density at radius 2 is 2.10 bits per heavy atom. The van der Waals surface area contributed by atoms with Crippen LogP contribution in [0.25, 0.3) is 0 Å². The largest absolute Gasteiger partial charge is 0.326 e. The van der Waals surface area contributed by atoms with Crippen molar-refractivity contribution in [3.63, 3.8) is 0 Å². The number of halogens is 1. The molecule has 0 unspecified atom stereocenters. The molecular weight excluding hydrogens is 298 g/mol. The molecule has 0 aromatic heterocycles. The Morgan fingerprint density at radius 1 is 1.40 bits per heavy atom. The van der Waals surface area contributed by atoms with Gasteiger partial charge in [0.25, 0.3) is 0 Å². The number of carbonyl (C=O) groups excluding carboxylic acids is 2. The Kier molecular flexibility index (Phi) is 6.84. The van der Waals surface area contributed by atoms with Crippen LogP contribution in [-0.4, -0.2) is 29.9 Å². The molecule has 0 spiro atoms. The first-order valence-electron chi connectivity index (χ1n) is 6.06. The highest BCUT2D eigenvalue weighted by atomic mass is 35.5. The predicted octanol–water partition coefficient (Wildman–Crippen LogP) is 2.32. The van der Waals surface area contributed by atoms with Gasteiger partial charge in [0.05, 0.1) is 16.8 Å². The van der Waals surface area contributed by atoms with Gasteiger partial charge in [0.2, 0.25) is 11.8 Å². The van der Waals surface area contributed by atoms with Gasteiger partial charge in [0.15, 0.2) is 0 Å². The van der Waals surface area contributed by atoms with Gasteiger partial charge in [0, 0.05) is 12.6 Å². The standard InChI is InChI=1S/C13H18ClN3O2S/c1-8(18)16-9-3-4-10(14)12(7-9)17-13(19)11(15)5-6-20-2/h3-4,7,11H,5-6,15H2,1-2H3,(H,16,18)(H,17,19)/t11-/m0/s1. The van der Waals surface area contributed by atoms with E-state index in [0.717, 1.165) is 5.75 Å². The summed E-state index contributed by atoms with van der Waals surface area (Å²) in [7, 11) is 0. The van der Waals surface area contributed by atoms with Crippen LogP contribution in [0.4, 0.5) is 11.4 Å². The fourth-order valence-corrected chi connectivity index (χ4v) is 2.16. The second-order valence-electron chi connectivity index (χ2n) is 4.25. The number of hydrogen-bond donors (Lipinski definition) is 3. The van der Waals surface area contributed by atoms with Gasteiger partial charge in [-0.15, -0.1) is 0 Å². The summed E-state index contributed by atoms with van der Waals surface area (Å²) in [6.07, 6.45) is 2.55. The Morgan fingerprint density at radius 3 is 2.70 bits per heavy atom. The lowest BCUT2D eigenvalue weighted by atomic mass is 10.2. The van der Waals surface area contributed by atoms with E-state index in [1.807, 2.05) is 6.26 Å². The van der Waals surface area contributed by atoms with Crippen LogP contribution in [0.15, 0.2) is 18.2 Å². The minimum absolute atomic E-state index is 0.193. The van der Waals surface area contributed by atoms with E-state index in [2.05, 4.69) is 10.6 Å². The summed E-state index contributed by atoms with van der Waals surface area (Å²) in [5.74, 6) is 0.330. The summed E-state index contributed by atoms with van der Waals surface area (Å²) in [4.78, 5) is 22.9. The molecule has 20 heavy (non-hydrogen) atoms. The average molecular weight is 316 g/mol. The van der Waals surface area contributed by atoms with Crippen molar-refractivity contribution in [1.29, 1.82) is 0 Å². The summed E-state index contributed by atoms with van der Waals surface area (Å²) in [6, 6.07) is 4.29. The summed E-state index contributed by atoms with van der Waals surface area (Å²) >= 11 is 7.65. The first kappa shape index (κ1) is 16.8. The monoisotopic (exact) mass is 315 g/mol. The van der Waals surface area contributed by atoms with Gasteiger partial charge < -0.3 is 16.4 Å². The number of hydrogen-bond acceptors (Lipinski definition) is 4. The van der Waals surface area contributed by atoms with Crippen LogP contribution in [0, 0.1) is 0 Å². The lowest BCUT2D eigenvalue weighted by Crippen LogP contribution is -2.36. The Balaban J connectivity index is 2.75. The zero-order valence-electron chi connectivity index (χ0n) is 11.4. The molecule has 0 saturated heterocycles. The molecule has 0 aliphatic rings. The number of benzene rings is 1. The normalized spacial score (nSPS) is 11.8. The van der Waals surface area contributed by atoms with Crippen molar-refractivity contribution in [3.05, 3.63) is 23.2 Å². The minimum Gasteiger partial charge on any atom is -0.326 e. The fraction of sp³-hybridized carbons (Fsp3) is 0.385. The van der Waals surface area contributed by atoms with Crippen molar-refractivity contribution in [3.8, 4) is 0 Å². The summed E-state index contributed by atoms with van der Waals surface area (Å²) in [6.45, 7) is 1.41. The number of anilines is 2. The van der Waals surface area contributed by atoms with E-state index in [4.69, 9.17) is 17.3 Å². The first-order valence-corrected chi connectivity index (χ1v) is 7.83. The van der Waals surface area contributed by atoms with E-state index in [9.17, 15) is 9.59 Å². The van der Waals surface area contributed by atoms with Crippen molar-refractivity contribution in [2.45, 2.75) is 19.4 Å². The quantitative estimate of drug-likeness (QED) is 0.752. The Labute approximate surface area is 127 Å². The molecule has 4 N–H and O–H groups in total. The van der Waals surface area contributed by atoms with Crippen LogP contribution >= 0.6 is 23.4 Å². The van der Waals surface area contributed by atoms with Gasteiger partial charge in [-0.1, -0.05) is 11.6 Å². The molecule has 1 rings (SSSR count). The van der Waals surface area contributed by atoms with Gasteiger partial charge in [-0.3, -0.25) is 9.59 Å². The third kappa shape index (κ3) is 5.40. The molecule has 0 bridgehead atoms. The van der Waals surface area contributed by atoms with Gasteiger partial charge in [-0.2, -0.15) is 11.8 Å². The number of thioether (sulfide) groups is 1. The van der Waals surface area contributed by atoms with Crippen LogP contribution in [0.5, 0.6) is 0 Å². The van der Waals surface area contributed by atoms with Crippen LogP contribution in [0.1, 0.15) is 13.3 Å². The highest BCUT2D eigenvalue weighted by molar-refractivity contribution is 7.98. The molecule has 1 aromatic rings. The summed E-state index contributed by atoms with van der Waals surface area (Å²) in [5.41, 5.74) is 6.78. The van der Waals surface area contributed by atoms with Crippen LogP contribution in [0.2, 0.25) is 5.02 Å². The highest BCUT2D eigenvalue weighted by Gasteiger charge is 2.14. The molecule has 110 valence electrons. The third-order valence-electron chi connectivity index (χ3n) is 2.51. The molecule has 0 radical (unpaired) electrons. The van der Waals surface area contributed by atoms with E-state index in [0.29, 0.717) is 22.8 Å². The second-order valence-corrected chi connectivity index (χ2v) is 5.65. The maximum Gasteiger partial charge on any atom is 0.241 e. The van der Waals surface area contributed by atoms with Gasteiger partial charge in [-0.25, -0.2) is 0 Å². The van der Waals surface area contributed by atoms with Crippen LogP contribution in [0.3, 0.4) is 0 Å². The molecule has 0 aliphatic carbocycles. The predicted molar refractivity (Wildman–Crippen MR) is 85.4 cm³/mol. The summed E-state index contributed by atoms with van der Waals surface area (Å²) in [5, 5.41) is 5.69. The van der Waals surface area contributed by atoms with Crippen LogP contribution < -0.4 is 16.4 Å². The molecule has 2 amide bonds. The smallest absolute Gasteiger partial charge is 0.241 e. The van der Waals surface area contributed by atoms with Crippen molar-refractivity contribution in [2.75, 3.05) is 22.6 Å². The molecule has 0 aliphatic heterocycles. The first-order chi connectivity index (χ1) is 9.43. The van der Waals surface area contributed by atoms with Gasteiger partial charge in [-0.05, 0) is 36.6 Å². The Hall–Kier alpha value is -1.24. The van der Waals surface area contributed by atoms with E-state index < -0.39 is 6.04 Å². The fourth-order valence-electron chi connectivity index (χ4n) is 1.50. The van der Waals surface area contributed by atoms with E-state index in [-0.39, 0.29) is 11.8 Å². The van der Waals surface area contributed by atoms with E-state index in [1.54, 1.807) is 30.0 Å². The minimum atomic E-state index is -0.581. The number of nitrogens with one attached hydrogen (secondary N) is 2. The molecule has 5 nitrogen and oxygen atoms in total. The van der Waals surface area contributed by atoms with Crippen molar-refractivity contribution in [2.24, 2.45) is 5.73 Å². The second kappa shape index (κ2) is 8.14. The van der Waals surface area contributed by atoms with Gasteiger partial charge in [0.1, 0.15) is 0 Å². The van der Waals surface area contributed by atoms with Crippen molar-refractivity contribution >= 4 is 46.6 Å². The molecule has 0 heterocycles. The third-order valence-corrected chi connectivity index (χ3v) is 3.49. The van der Waals surface area contributed by atoms with E-state index >= 15 is 0 Å². The zero-order chi connectivity index (χ0) is 15.1. The average Bonchev–Trinajstić information content (AvgIpc) is 2.39. The SMILES string of the molecule is CSCC[C@H](N)C(=O)Nc1cc(NC(C)=O)ccc1Cl. The molecule has 0 saturated carbocycles. The molecule has 1 aromatic carbocycles. The Bertz CT molecular complexity index is 497. The number of rotatable bonds is 6. The zero-order valence-corrected chi connectivity index (χ0v) is 13.0. The number of nitrogens with two attached hydrogens (primary N) is 1. The van der Waals surface area contributed by atoms with Crippen molar-refractivity contribution < 1.29 is 9.59 Å². The lowest BCUT2D eigenvalue weighted by Gasteiger charge is -2.13. The number of carbonyl (C=O) groups is 2. The molecule has 1 atom stereocenters. The molecule has 7 heteroatoms.